The Hall–Kier alpha value is -1.51. The molecular weight excluding hydrogens is 216 g/mol. The van der Waals surface area contributed by atoms with Gasteiger partial charge in [0.05, 0.1) is 13.2 Å². The highest BCUT2D eigenvalue weighted by atomic mass is 16.5. The zero-order chi connectivity index (χ0) is 12.1. The highest BCUT2D eigenvalue weighted by Crippen LogP contribution is 2.24. The molecule has 0 saturated carbocycles. The molecular formula is C14H18O3. The Morgan fingerprint density at radius 1 is 1.53 bits per heavy atom. The van der Waals surface area contributed by atoms with Crippen molar-refractivity contribution in [3.05, 3.63) is 35.6 Å². The van der Waals surface area contributed by atoms with Crippen molar-refractivity contribution < 1.29 is 14.3 Å². The van der Waals surface area contributed by atoms with Gasteiger partial charge in [-0.05, 0) is 25.7 Å². The van der Waals surface area contributed by atoms with Gasteiger partial charge in [0.2, 0.25) is 0 Å². The Bertz CT molecular complexity index is 377. The number of methoxy groups -OCH3 is 1. The van der Waals surface area contributed by atoms with Crippen LogP contribution in [0.4, 0.5) is 0 Å². The van der Waals surface area contributed by atoms with Crippen molar-refractivity contribution in [2.75, 3.05) is 7.11 Å². The molecule has 1 aliphatic heterocycles. The Labute approximate surface area is 102 Å². The highest BCUT2D eigenvalue weighted by molar-refractivity contribution is 5.83. The summed E-state index contributed by atoms with van der Waals surface area (Å²) >= 11 is 0. The van der Waals surface area contributed by atoms with Gasteiger partial charge < -0.3 is 9.47 Å². The van der Waals surface area contributed by atoms with E-state index in [9.17, 15) is 4.79 Å². The van der Waals surface area contributed by atoms with E-state index in [2.05, 4.69) is 18.2 Å². The van der Waals surface area contributed by atoms with E-state index >= 15 is 0 Å². The van der Waals surface area contributed by atoms with Gasteiger partial charge >= 0.3 is 5.97 Å². The van der Waals surface area contributed by atoms with Crippen LogP contribution >= 0.6 is 0 Å². The van der Waals surface area contributed by atoms with Crippen LogP contribution in [-0.4, -0.2) is 19.2 Å². The molecule has 0 spiro atoms. The summed E-state index contributed by atoms with van der Waals surface area (Å²) in [6.07, 6.45) is 12.7. The monoisotopic (exact) mass is 234 g/mol. The predicted molar refractivity (Wildman–Crippen MR) is 65.3 cm³/mol. The molecule has 0 amide bonds. The third kappa shape index (κ3) is 3.48. The molecule has 2 aliphatic rings. The molecule has 0 bridgehead atoms. The minimum Gasteiger partial charge on any atom is -0.501 e. The van der Waals surface area contributed by atoms with Crippen LogP contribution < -0.4 is 0 Å². The first-order valence-electron chi connectivity index (χ1n) is 6.07. The van der Waals surface area contributed by atoms with Crippen LogP contribution in [-0.2, 0) is 14.3 Å². The average Bonchev–Trinajstić information content (AvgIpc) is 2.37. The van der Waals surface area contributed by atoms with E-state index in [-0.39, 0.29) is 12.1 Å². The lowest BCUT2D eigenvalue weighted by Crippen LogP contribution is -2.23. The summed E-state index contributed by atoms with van der Waals surface area (Å²) < 4.78 is 10.4. The normalized spacial score (nSPS) is 23.8. The second-order valence-corrected chi connectivity index (χ2v) is 4.41. The summed E-state index contributed by atoms with van der Waals surface area (Å²) in [6.45, 7) is 0. The summed E-state index contributed by atoms with van der Waals surface area (Å²) in [5.41, 5.74) is 1.44. The summed E-state index contributed by atoms with van der Waals surface area (Å²) in [6, 6.07) is 0. The first kappa shape index (κ1) is 12.0. The molecule has 0 saturated heterocycles. The van der Waals surface area contributed by atoms with Gasteiger partial charge in [-0.1, -0.05) is 23.8 Å². The molecule has 0 fully saturated rings. The number of ether oxygens (including phenoxy) is 2. The van der Waals surface area contributed by atoms with Crippen molar-refractivity contribution >= 4 is 5.97 Å². The fourth-order valence-electron chi connectivity index (χ4n) is 2.17. The Balaban J connectivity index is 1.84. The molecule has 1 atom stereocenters. The van der Waals surface area contributed by atoms with Gasteiger partial charge in [0.25, 0.3) is 0 Å². The zero-order valence-corrected chi connectivity index (χ0v) is 10.1. The van der Waals surface area contributed by atoms with Crippen LogP contribution in [0, 0.1) is 0 Å². The van der Waals surface area contributed by atoms with Crippen LogP contribution in [0.5, 0.6) is 0 Å². The lowest BCUT2D eigenvalue weighted by molar-refractivity contribution is -0.145. The standard InChI is InChI=1S/C14H18O3/c1-16-13-9-12(17-14(15)10-13)8-7-11-5-3-2-4-6-11/h2-3,5,10,12H,4,6-9H2,1H3/t12-/m0/s1. The third-order valence-electron chi connectivity index (χ3n) is 3.14. The molecule has 0 aromatic carbocycles. The summed E-state index contributed by atoms with van der Waals surface area (Å²) in [5.74, 6) is 0.444. The van der Waals surface area contributed by atoms with Crippen LogP contribution in [0.15, 0.2) is 35.6 Å². The van der Waals surface area contributed by atoms with Gasteiger partial charge in [-0.15, -0.1) is 0 Å². The van der Waals surface area contributed by atoms with Gasteiger partial charge in [0.15, 0.2) is 0 Å². The quantitative estimate of drug-likeness (QED) is 0.702. The zero-order valence-electron chi connectivity index (χ0n) is 10.1. The van der Waals surface area contributed by atoms with E-state index in [0.717, 1.165) is 31.4 Å². The first-order chi connectivity index (χ1) is 8.28. The Morgan fingerprint density at radius 2 is 2.41 bits per heavy atom. The van der Waals surface area contributed by atoms with Crippen molar-refractivity contribution in [3.63, 3.8) is 0 Å². The van der Waals surface area contributed by atoms with Crippen molar-refractivity contribution in [2.24, 2.45) is 0 Å². The minimum atomic E-state index is -0.282. The van der Waals surface area contributed by atoms with E-state index in [4.69, 9.17) is 9.47 Å². The fraction of sp³-hybridized carbons (Fsp3) is 0.500. The molecule has 92 valence electrons. The van der Waals surface area contributed by atoms with E-state index in [0.29, 0.717) is 6.42 Å². The van der Waals surface area contributed by atoms with Crippen LogP contribution in [0.2, 0.25) is 0 Å². The second kappa shape index (κ2) is 5.71. The van der Waals surface area contributed by atoms with Gasteiger partial charge in [0, 0.05) is 6.42 Å². The van der Waals surface area contributed by atoms with Crippen molar-refractivity contribution in [2.45, 2.75) is 38.2 Å². The largest absolute Gasteiger partial charge is 0.501 e. The molecule has 0 aromatic heterocycles. The lowest BCUT2D eigenvalue weighted by Gasteiger charge is -2.22. The second-order valence-electron chi connectivity index (χ2n) is 4.41. The van der Waals surface area contributed by atoms with Crippen molar-refractivity contribution in [1.82, 2.24) is 0 Å². The predicted octanol–water partition coefficient (Wildman–Crippen LogP) is 2.89. The molecule has 0 radical (unpaired) electrons. The van der Waals surface area contributed by atoms with Crippen LogP contribution in [0.3, 0.4) is 0 Å². The third-order valence-corrected chi connectivity index (χ3v) is 3.14. The van der Waals surface area contributed by atoms with Crippen LogP contribution in [0.25, 0.3) is 0 Å². The van der Waals surface area contributed by atoms with Crippen LogP contribution in [0.1, 0.15) is 32.1 Å². The molecule has 2 rings (SSSR count). The Kier molecular flexibility index (Phi) is 4.02. The van der Waals surface area contributed by atoms with E-state index in [1.807, 2.05) is 0 Å². The number of allylic oxidation sites excluding steroid dienone is 4. The number of hydrogen-bond acceptors (Lipinski definition) is 3. The SMILES string of the molecule is COC1=CC(=O)O[C@@H](CCC2=CC=CCC2)C1. The molecule has 0 aromatic rings. The number of esters is 1. The smallest absolute Gasteiger partial charge is 0.334 e. The maximum Gasteiger partial charge on any atom is 0.334 e. The van der Waals surface area contributed by atoms with E-state index in [1.54, 1.807) is 7.11 Å². The molecule has 1 aliphatic carbocycles. The number of cyclic esters (lactones) is 1. The van der Waals surface area contributed by atoms with E-state index < -0.39 is 0 Å². The highest BCUT2D eigenvalue weighted by Gasteiger charge is 2.22. The molecule has 3 heteroatoms. The van der Waals surface area contributed by atoms with Gasteiger partial charge in [-0.3, -0.25) is 0 Å². The minimum absolute atomic E-state index is 0.0331. The van der Waals surface area contributed by atoms with Gasteiger partial charge in [-0.2, -0.15) is 0 Å². The number of carbonyl (C=O) groups is 1. The molecule has 1 heterocycles. The molecule has 0 unspecified atom stereocenters. The molecule has 3 nitrogen and oxygen atoms in total. The molecule has 0 N–H and O–H groups in total. The summed E-state index contributed by atoms with van der Waals surface area (Å²) in [4.78, 5) is 11.3. The van der Waals surface area contributed by atoms with Crippen molar-refractivity contribution in [1.29, 1.82) is 0 Å². The Morgan fingerprint density at radius 3 is 3.12 bits per heavy atom. The summed E-state index contributed by atoms with van der Waals surface area (Å²) in [5, 5.41) is 0. The van der Waals surface area contributed by atoms with Crippen molar-refractivity contribution in [3.8, 4) is 0 Å². The number of rotatable bonds is 4. The average molecular weight is 234 g/mol. The summed E-state index contributed by atoms with van der Waals surface area (Å²) in [7, 11) is 1.59. The first-order valence-corrected chi connectivity index (χ1v) is 6.07. The fourth-order valence-corrected chi connectivity index (χ4v) is 2.17. The lowest BCUT2D eigenvalue weighted by atomic mass is 9.97. The van der Waals surface area contributed by atoms with Gasteiger partial charge in [-0.25, -0.2) is 4.79 Å². The van der Waals surface area contributed by atoms with E-state index in [1.165, 1.54) is 11.6 Å². The van der Waals surface area contributed by atoms with Gasteiger partial charge in [0.1, 0.15) is 11.9 Å². The maximum absolute atomic E-state index is 11.3. The number of hydrogen-bond donors (Lipinski definition) is 0. The number of carbonyl (C=O) groups excluding carboxylic acids is 1. The topological polar surface area (TPSA) is 35.5 Å². The molecule has 17 heavy (non-hydrogen) atoms. The maximum atomic E-state index is 11.3.